The number of rotatable bonds is 4. The van der Waals surface area contributed by atoms with Gasteiger partial charge in [0, 0.05) is 23.8 Å². The molecule has 126 valence electrons. The monoisotopic (exact) mass is 389 g/mol. The van der Waals surface area contributed by atoms with Crippen LogP contribution >= 0.6 is 34.5 Å². The van der Waals surface area contributed by atoms with Crippen LogP contribution < -0.4 is 5.32 Å². The minimum Gasteiger partial charge on any atom is -0.365 e. The van der Waals surface area contributed by atoms with E-state index in [4.69, 9.17) is 23.2 Å². The topological polar surface area (TPSA) is 55.6 Å². The Hall–Kier alpha value is -2.15. The first-order valence-electron chi connectivity index (χ1n) is 7.54. The van der Waals surface area contributed by atoms with E-state index in [0.29, 0.717) is 22.5 Å². The normalized spacial score (nSPS) is 11.2. The molecule has 1 N–H and O–H groups in total. The number of fused-ring (bicyclic) bond motifs is 1. The molecule has 0 radical (unpaired) electrons. The third kappa shape index (κ3) is 3.33. The summed E-state index contributed by atoms with van der Waals surface area (Å²) in [5.41, 5.74) is 1.03. The SMILES string of the molecule is Cc1cc2c(NCc3ccc(Cl)c(Cl)c3)nc(-n3ccnc3)nc2s1. The van der Waals surface area contributed by atoms with E-state index in [1.807, 2.05) is 18.3 Å². The maximum absolute atomic E-state index is 6.09. The summed E-state index contributed by atoms with van der Waals surface area (Å²) in [5, 5.41) is 5.48. The first kappa shape index (κ1) is 16.3. The average molecular weight is 390 g/mol. The minimum atomic E-state index is 0.541. The third-order valence-electron chi connectivity index (χ3n) is 3.68. The Balaban J connectivity index is 1.70. The van der Waals surface area contributed by atoms with Crippen LogP contribution in [0.15, 0.2) is 43.0 Å². The summed E-state index contributed by atoms with van der Waals surface area (Å²) >= 11 is 13.7. The van der Waals surface area contributed by atoms with Crippen molar-refractivity contribution in [2.75, 3.05) is 5.32 Å². The highest BCUT2D eigenvalue weighted by atomic mass is 35.5. The molecule has 0 aliphatic heterocycles. The Kier molecular flexibility index (Phi) is 4.33. The second-order valence-electron chi connectivity index (χ2n) is 5.52. The molecule has 0 atom stereocenters. The van der Waals surface area contributed by atoms with Crippen LogP contribution in [0.4, 0.5) is 5.82 Å². The van der Waals surface area contributed by atoms with Crippen LogP contribution in [-0.2, 0) is 6.54 Å². The summed E-state index contributed by atoms with van der Waals surface area (Å²) in [6.45, 7) is 2.65. The van der Waals surface area contributed by atoms with Gasteiger partial charge in [-0.05, 0) is 30.7 Å². The summed E-state index contributed by atoms with van der Waals surface area (Å²) < 4.78 is 1.79. The van der Waals surface area contributed by atoms with Crippen molar-refractivity contribution in [3.8, 4) is 5.95 Å². The molecule has 0 spiro atoms. The van der Waals surface area contributed by atoms with E-state index >= 15 is 0 Å². The predicted octanol–water partition coefficient (Wildman–Crippen LogP) is 5.10. The zero-order chi connectivity index (χ0) is 17.4. The standard InChI is InChI=1S/C17H13Cl2N5S/c1-10-6-12-15(21-8-11-2-3-13(18)14(19)7-11)22-17(23-16(12)25-10)24-5-4-20-9-24/h2-7,9H,8H2,1H3,(H,21,22,23). The third-order valence-corrected chi connectivity index (χ3v) is 5.37. The number of nitrogens with one attached hydrogen (secondary N) is 1. The Morgan fingerprint density at radius 3 is 2.80 bits per heavy atom. The van der Waals surface area contributed by atoms with Crippen molar-refractivity contribution in [3.05, 3.63) is 63.5 Å². The van der Waals surface area contributed by atoms with Gasteiger partial charge in [0.15, 0.2) is 0 Å². The van der Waals surface area contributed by atoms with Gasteiger partial charge < -0.3 is 5.32 Å². The van der Waals surface area contributed by atoms with Crippen molar-refractivity contribution in [2.24, 2.45) is 0 Å². The molecule has 1 aromatic carbocycles. The number of hydrogen-bond acceptors (Lipinski definition) is 5. The second kappa shape index (κ2) is 6.63. The maximum atomic E-state index is 6.09. The van der Waals surface area contributed by atoms with Crippen molar-refractivity contribution in [3.63, 3.8) is 0 Å². The van der Waals surface area contributed by atoms with Crippen LogP contribution in [0, 0.1) is 6.92 Å². The number of hydrogen-bond donors (Lipinski definition) is 1. The highest BCUT2D eigenvalue weighted by Crippen LogP contribution is 2.30. The fourth-order valence-corrected chi connectivity index (χ4v) is 3.69. The van der Waals surface area contributed by atoms with Gasteiger partial charge in [0.2, 0.25) is 5.95 Å². The van der Waals surface area contributed by atoms with Crippen molar-refractivity contribution in [1.82, 2.24) is 19.5 Å². The first-order chi connectivity index (χ1) is 12.1. The number of anilines is 1. The van der Waals surface area contributed by atoms with Gasteiger partial charge in [0.25, 0.3) is 0 Å². The van der Waals surface area contributed by atoms with Crippen LogP contribution in [0.1, 0.15) is 10.4 Å². The van der Waals surface area contributed by atoms with Gasteiger partial charge in [-0.1, -0.05) is 29.3 Å². The fourth-order valence-electron chi connectivity index (χ4n) is 2.49. The summed E-state index contributed by atoms with van der Waals surface area (Å²) in [7, 11) is 0. The van der Waals surface area contributed by atoms with E-state index in [1.54, 1.807) is 34.5 Å². The van der Waals surface area contributed by atoms with E-state index in [1.165, 1.54) is 4.88 Å². The lowest BCUT2D eigenvalue weighted by Crippen LogP contribution is -2.06. The molecular formula is C17H13Cl2N5S. The summed E-state index contributed by atoms with van der Waals surface area (Å²) in [6, 6.07) is 7.68. The van der Waals surface area contributed by atoms with Gasteiger partial charge >= 0.3 is 0 Å². The smallest absolute Gasteiger partial charge is 0.238 e. The van der Waals surface area contributed by atoms with Crippen molar-refractivity contribution in [2.45, 2.75) is 13.5 Å². The first-order valence-corrected chi connectivity index (χ1v) is 9.12. The van der Waals surface area contributed by atoms with Crippen LogP contribution in [0.3, 0.4) is 0 Å². The molecule has 3 aromatic heterocycles. The number of aromatic nitrogens is 4. The number of imidazole rings is 1. The lowest BCUT2D eigenvalue weighted by Gasteiger charge is -2.10. The molecule has 0 unspecified atom stereocenters. The molecule has 0 fully saturated rings. The van der Waals surface area contributed by atoms with Gasteiger partial charge in [-0.15, -0.1) is 11.3 Å². The largest absolute Gasteiger partial charge is 0.365 e. The molecule has 25 heavy (non-hydrogen) atoms. The molecule has 0 bridgehead atoms. The van der Waals surface area contributed by atoms with E-state index in [2.05, 4.69) is 33.3 Å². The van der Waals surface area contributed by atoms with Crippen molar-refractivity contribution in [1.29, 1.82) is 0 Å². The number of benzene rings is 1. The molecule has 8 heteroatoms. The molecule has 3 heterocycles. The number of nitrogens with zero attached hydrogens (tertiary/aromatic N) is 4. The number of aryl methyl sites for hydroxylation is 1. The van der Waals surface area contributed by atoms with Crippen LogP contribution in [0.2, 0.25) is 10.0 Å². The zero-order valence-electron chi connectivity index (χ0n) is 13.2. The Morgan fingerprint density at radius 2 is 2.04 bits per heavy atom. The maximum Gasteiger partial charge on any atom is 0.238 e. The molecular weight excluding hydrogens is 377 g/mol. The quantitative estimate of drug-likeness (QED) is 0.527. The summed E-state index contributed by atoms with van der Waals surface area (Å²) in [6.07, 6.45) is 5.21. The van der Waals surface area contributed by atoms with Crippen molar-refractivity contribution >= 4 is 50.6 Å². The van der Waals surface area contributed by atoms with Gasteiger partial charge in [0.05, 0.1) is 15.4 Å². The summed E-state index contributed by atoms with van der Waals surface area (Å²) in [5.74, 6) is 1.37. The van der Waals surface area contributed by atoms with Gasteiger partial charge in [-0.2, -0.15) is 4.98 Å². The fraction of sp³-hybridized carbons (Fsp3) is 0.118. The van der Waals surface area contributed by atoms with Gasteiger partial charge in [0.1, 0.15) is 17.0 Å². The lowest BCUT2D eigenvalue weighted by atomic mass is 10.2. The van der Waals surface area contributed by atoms with E-state index in [0.717, 1.165) is 21.6 Å². The van der Waals surface area contributed by atoms with E-state index in [-0.39, 0.29) is 0 Å². The molecule has 0 aliphatic rings. The molecule has 4 aromatic rings. The molecule has 0 saturated carbocycles. The minimum absolute atomic E-state index is 0.541. The Bertz CT molecular complexity index is 1040. The lowest BCUT2D eigenvalue weighted by molar-refractivity contribution is 0.939. The highest BCUT2D eigenvalue weighted by molar-refractivity contribution is 7.18. The van der Waals surface area contributed by atoms with Crippen LogP contribution in [-0.4, -0.2) is 19.5 Å². The van der Waals surface area contributed by atoms with Gasteiger partial charge in [-0.3, -0.25) is 4.57 Å². The molecule has 0 aliphatic carbocycles. The number of thiophene rings is 1. The van der Waals surface area contributed by atoms with E-state index in [9.17, 15) is 0 Å². The second-order valence-corrected chi connectivity index (χ2v) is 7.57. The average Bonchev–Trinajstić information content (AvgIpc) is 3.24. The number of halogens is 2. The Labute approximate surface area is 158 Å². The van der Waals surface area contributed by atoms with Crippen molar-refractivity contribution < 1.29 is 0 Å². The van der Waals surface area contributed by atoms with Gasteiger partial charge in [-0.25, -0.2) is 9.97 Å². The predicted molar refractivity (Wildman–Crippen MR) is 103 cm³/mol. The molecule has 0 saturated heterocycles. The van der Waals surface area contributed by atoms with Crippen LogP contribution in [0.5, 0.6) is 0 Å². The zero-order valence-corrected chi connectivity index (χ0v) is 15.5. The van der Waals surface area contributed by atoms with Crippen LogP contribution in [0.25, 0.3) is 16.2 Å². The molecule has 5 nitrogen and oxygen atoms in total. The Morgan fingerprint density at radius 1 is 1.16 bits per heavy atom. The molecule has 0 amide bonds. The van der Waals surface area contributed by atoms with E-state index < -0.39 is 0 Å². The summed E-state index contributed by atoms with van der Waals surface area (Å²) in [4.78, 5) is 15.5. The highest BCUT2D eigenvalue weighted by Gasteiger charge is 2.12. The molecule has 4 rings (SSSR count).